The van der Waals surface area contributed by atoms with Gasteiger partial charge in [0.2, 0.25) is 0 Å². The Morgan fingerprint density at radius 2 is 2.00 bits per heavy atom. The fourth-order valence-electron chi connectivity index (χ4n) is 2.58. The van der Waals surface area contributed by atoms with Crippen molar-refractivity contribution in [1.82, 2.24) is 15.3 Å². The highest BCUT2D eigenvalue weighted by Gasteiger charge is 2.30. The largest absolute Gasteiger partial charge is 0.416 e. The number of amides is 1. The van der Waals surface area contributed by atoms with E-state index >= 15 is 0 Å². The molecule has 0 fully saturated rings. The van der Waals surface area contributed by atoms with Gasteiger partial charge in [-0.05, 0) is 18.2 Å². The average molecular weight is 406 g/mol. The maximum absolute atomic E-state index is 12.9. The van der Waals surface area contributed by atoms with E-state index in [9.17, 15) is 18.0 Å². The molecular weight excluding hydrogens is 389 g/mol. The molecule has 1 N–H and O–H groups in total. The Balaban J connectivity index is 1.73. The highest BCUT2D eigenvalue weighted by atomic mass is 32.1. The Morgan fingerprint density at radius 1 is 1.21 bits per heavy atom. The SMILES string of the molecule is CN(C)c1ncccc1CNC(=O)c1csc(-c2cccc(C(F)(F)F)c2)n1. The van der Waals surface area contributed by atoms with Crippen LogP contribution in [0.25, 0.3) is 10.6 Å². The number of carbonyl (C=O) groups is 1. The van der Waals surface area contributed by atoms with Crippen molar-refractivity contribution >= 4 is 23.1 Å². The smallest absolute Gasteiger partial charge is 0.362 e. The molecular formula is C19H17F3N4OS. The molecule has 0 atom stereocenters. The maximum atomic E-state index is 12.9. The van der Waals surface area contributed by atoms with Gasteiger partial charge in [0.15, 0.2) is 0 Å². The van der Waals surface area contributed by atoms with Crippen LogP contribution in [0.4, 0.5) is 19.0 Å². The zero-order valence-corrected chi connectivity index (χ0v) is 15.9. The van der Waals surface area contributed by atoms with E-state index in [4.69, 9.17) is 0 Å². The molecule has 0 radical (unpaired) electrons. The van der Waals surface area contributed by atoms with E-state index in [-0.39, 0.29) is 12.2 Å². The quantitative estimate of drug-likeness (QED) is 0.689. The van der Waals surface area contributed by atoms with E-state index < -0.39 is 17.6 Å². The maximum Gasteiger partial charge on any atom is 0.416 e. The summed E-state index contributed by atoms with van der Waals surface area (Å²) in [6, 6.07) is 8.53. The van der Waals surface area contributed by atoms with E-state index in [2.05, 4.69) is 15.3 Å². The molecule has 3 rings (SSSR count). The number of anilines is 1. The topological polar surface area (TPSA) is 58.1 Å². The standard InChI is InChI=1S/C19H17F3N4OS/c1-26(2)16-13(6-4-8-23-16)10-24-17(27)15-11-28-18(25-15)12-5-3-7-14(9-12)19(20,21)22/h3-9,11H,10H2,1-2H3,(H,24,27). The number of halogens is 3. The molecule has 0 bridgehead atoms. The summed E-state index contributed by atoms with van der Waals surface area (Å²) in [4.78, 5) is 22.7. The van der Waals surface area contributed by atoms with Crippen molar-refractivity contribution in [3.63, 3.8) is 0 Å². The molecule has 1 aromatic carbocycles. The van der Waals surface area contributed by atoms with Crippen molar-refractivity contribution in [1.29, 1.82) is 0 Å². The molecule has 0 saturated carbocycles. The van der Waals surface area contributed by atoms with E-state index in [0.717, 1.165) is 34.9 Å². The summed E-state index contributed by atoms with van der Waals surface area (Å²) in [6.07, 6.45) is -2.76. The Bertz CT molecular complexity index is 985. The Kier molecular flexibility index (Phi) is 5.64. The Hall–Kier alpha value is -2.94. The zero-order valence-electron chi connectivity index (χ0n) is 15.1. The summed E-state index contributed by atoms with van der Waals surface area (Å²) in [6.45, 7) is 0.261. The predicted octanol–water partition coefficient (Wildman–Crippen LogP) is 4.22. The first-order valence-corrected chi connectivity index (χ1v) is 9.16. The third kappa shape index (κ3) is 4.48. The van der Waals surface area contributed by atoms with E-state index in [1.807, 2.05) is 25.1 Å². The average Bonchev–Trinajstić information content (AvgIpc) is 3.16. The molecule has 9 heteroatoms. The second-order valence-corrected chi connectivity index (χ2v) is 7.04. The summed E-state index contributed by atoms with van der Waals surface area (Å²) in [5.41, 5.74) is 0.571. The number of benzene rings is 1. The number of nitrogens with one attached hydrogen (secondary N) is 1. The molecule has 0 aliphatic carbocycles. The van der Waals surface area contributed by atoms with Crippen molar-refractivity contribution in [2.75, 3.05) is 19.0 Å². The number of carbonyl (C=O) groups excluding carboxylic acids is 1. The monoisotopic (exact) mass is 406 g/mol. The first-order valence-electron chi connectivity index (χ1n) is 8.28. The second kappa shape index (κ2) is 7.97. The second-order valence-electron chi connectivity index (χ2n) is 6.18. The molecule has 2 heterocycles. The van der Waals surface area contributed by atoms with Crippen LogP contribution < -0.4 is 10.2 Å². The minimum atomic E-state index is -4.43. The summed E-state index contributed by atoms with van der Waals surface area (Å²) in [5.74, 6) is 0.341. The van der Waals surface area contributed by atoms with Gasteiger partial charge >= 0.3 is 6.18 Å². The molecule has 28 heavy (non-hydrogen) atoms. The molecule has 0 aliphatic rings. The van der Waals surface area contributed by atoms with Crippen LogP contribution in [0.3, 0.4) is 0 Å². The zero-order chi connectivity index (χ0) is 20.3. The number of hydrogen-bond donors (Lipinski definition) is 1. The predicted molar refractivity (Wildman–Crippen MR) is 102 cm³/mol. The van der Waals surface area contributed by atoms with Crippen LogP contribution in [0, 0.1) is 0 Å². The van der Waals surface area contributed by atoms with Gasteiger partial charge in [-0.3, -0.25) is 4.79 Å². The molecule has 2 aromatic heterocycles. The normalized spacial score (nSPS) is 11.3. The lowest BCUT2D eigenvalue weighted by atomic mass is 10.1. The fraction of sp³-hybridized carbons (Fsp3) is 0.211. The molecule has 0 spiro atoms. The number of aromatic nitrogens is 2. The molecule has 3 aromatic rings. The van der Waals surface area contributed by atoms with Gasteiger partial charge in [0.25, 0.3) is 5.91 Å². The number of nitrogens with zero attached hydrogens (tertiary/aromatic N) is 3. The number of thiazole rings is 1. The Labute approximate surface area is 163 Å². The van der Waals surface area contributed by atoms with Crippen LogP contribution in [0.15, 0.2) is 48.0 Å². The van der Waals surface area contributed by atoms with Gasteiger partial charge in [-0.25, -0.2) is 9.97 Å². The van der Waals surface area contributed by atoms with E-state index in [0.29, 0.717) is 10.6 Å². The molecule has 0 saturated heterocycles. The lowest BCUT2D eigenvalue weighted by molar-refractivity contribution is -0.137. The van der Waals surface area contributed by atoms with Crippen molar-refractivity contribution < 1.29 is 18.0 Å². The number of hydrogen-bond acceptors (Lipinski definition) is 5. The summed E-state index contributed by atoms with van der Waals surface area (Å²) >= 11 is 1.12. The summed E-state index contributed by atoms with van der Waals surface area (Å²) < 4.78 is 38.6. The molecule has 0 aliphatic heterocycles. The number of alkyl halides is 3. The third-order valence-electron chi connectivity index (χ3n) is 3.90. The van der Waals surface area contributed by atoms with Crippen LogP contribution in [0.5, 0.6) is 0 Å². The lowest BCUT2D eigenvalue weighted by Gasteiger charge is -2.15. The van der Waals surface area contributed by atoms with Gasteiger partial charge in [0, 0.05) is 43.3 Å². The molecule has 146 valence electrons. The van der Waals surface area contributed by atoms with E-state index in [1.54, 1.807) is 12.3 Å². The van der Waals surface area contributed by atoms with Gasteiger partial charge in [-0.1, -0.05) is 18.2 Å². The first-order chi connectivity index (χ1) is 13.3. The summed E-state index contributed by atoms with van der Waals surface area (Å²) in [5, 5.41) is 4.65. The van der Waals surface area contributed by atoms with Crippen LogP contribution in [-0.4, -0.2) is 30.0 Å². The van der Waals surface area contributed by atoms with Gasteiger partial charge in [-0.15, -0.1) is 11.3 Å². The number of pyridine rings is 1. The highest BCUT2D eigenvalue weighted by Crippen LogP contribution is 2.33. The molecule has 1 amide bonds. The number of rotatable bonds is 5. The van der Waals surface area contributed by atoms with Gasteiger partial charge in [-0.2, -0.15) is 13.2 Å². The lowest BCUT2D eigenvalue weighted by Crippen LogP contribution is -2.24. The molecule has 0 unspecified atom stereocenters. The molecule has 5 nitrogen and oxygen atoms in total. The Morgan fingerprint density at radius 3 is 2.71 bits per heavy atom. The van der Waals surface area contributed by atoms with E-state index in [1.165, 1.54) is 17.5 Å². The summed E-state index contributed by atoms with van der Waals surface area (Å²) in [7, 11) is 3.71. The highest BCUT2D eigenvalue weighted by molar-refractivity contribution is 7.13. The van der Waals surface area contributed by atoms with Crippen LogP contribution in [-0.2, 0) is 12.7 Å². The van der Waals surface area contributed by atoms with Gasteiger partial charge < -0.3 is 10.2 Å². The van der Waals surface area contributed by atoms with Crippen molar-refractivity contribution in [2.45, 2.75) is 12.7 Å². The first kappa shape index (κ1) is 19.8. The van der Waals surface area contributed by atoms with Crippen molar-refractivity contribution in [3.05, 3.63) is 64.8 Å². The van der Waals surface area contributed by atoms with Crippen LogP contribution in [0.1, 0.15) is 21.6 Å². The van der Waals surface area contributed by atoms with Gasteiger partial charge in [0.05, 0.1) is 5.56 Å². The minimum absolute atomic E-state index is 0.160. The van der Waals surface area contributed by atoms with Crippen LogP contribution >= 0.6 is 11.3 Å². The van der Waals surface area contributed by atoms with Crippen molar-refractivity contribution in [3.8, 4) is 10.6 Å². The van der Waals surface area contributed by atoms with Gasteiger partial charge in [0.1, 0.15) is 16.5 Å². The van der Waals surface area contributed by atoms with Crippen molar-refractivity contribution in [2.24, 2.45) is 0 Å². The van der Waals surface area contributed by atoms with Crippen LogP contribution in [0.2, 0.25) is 0 Å². The fourth-order valence-corrected chi connectivity index (χ4v) is 3.37. The third-order valence-corrected chi connectivity index (χ3v) is 4.80. The minimum Gasteiger partial charge on any atom is -0.362 e.